The van der Waals surface area contributed by atoms with Gasteiger partial charge in [-0.05, 0) is 42.7 Å². The van der Waals surface area contributed by atoms with Crippen molar-refractivity contribution in [3.63, 3.8) is 0 Å². The van der Waals surface area contributed by atoms with E-state index < -0.39 is 0 Å². The van der Waals surface area contributed by atoms with E-state index in [1.807, 2.05) is 24.3 Å². The lowest BCUT2D eigenvalue weighted by molar-refractivity contribution is -0.704. The summed E-state index contributed by atoms with van der Waals surface area (Å²) in [6.07, 6.45) is 19.5. The van der Waals surface area contributed by atoms with E-state index in [0.717, 1.165) is 17.7 Å². The van der Waals surface area contributed by atoms with Gasteiger partial charge in [-0.15, -0.1) is 0 Å². The zero-order valence-corrected chi connectivity index (χ0v) is 24.8. The minimum absolute atomic E-state index is 0.269. The predicted molar refractivity (Wildman–Crippen MR) is 157 cm³/mol. The third-order valence-corrected chi connectivity index (χ3v) is 7.81. The van der Waals surface area contributed by atoms with Crippen LogP contribution < -0.4 is 4.57 Å². The van der Waals surface area contributed by atoms with Gasteiger partial charge in [0, 0.05) is 25.7 Å². The standard InChI is InChI=1S/C30H39Cl4N2O/c1-2-3-4-5-6-7-8-9-10-11-16-35-17-18-36(23-35)21-30(27-15-14-26(32)20-29(27)34)37-22-24-12-13-25(31)19-28(24)33/h12-15,17-20,23,30H,2-11,16,21-22H2,1H3/q+1. The number of benzene rings is 2. The minimum Gasteiger partial charge on any atom is -0.365 e. The number of rotatable bonds is 17. The lowest BCUT2D eigenvalue weighted by Gasteiger charge is -2.19. The Bertz CT molecular complexity index is 1090. The Hall–Kier alpha value is -1.23. The maximum Gasteiger partial charge on any atom is 0.243 e. The van der Waals surface area contributed by atoms with Crippen LogP contribution in [0.1, 0.15) is 88.4 Å². The van der Waals surface area contributed by atoms with Crippen LogP contribution in [0, 0.1) is 0 Å². The second-order valence-corrected chi connectivity index (χ2v) is 11.4. The molecular formula is C30H39Cl4N2O+. The molecule has 3 nitrogen and oxygen atoms in total. The number of unbranched alkanes of at least 4 members (excludes halogenated alkanes) is 9. The zero-order valence-electron chi connectivity index (χ0n) is 21.8. The number of nitrogens with zero attached hydrogens (tertiary/aromatic N) is 2. The van der Waals surface area contributed by atoms with E-state index in [1.165, 1.54) is 64.2 Å². The SMILES string of the molecule is CCCCCCCCCCCCn1cc[n+](CC(OCc2ccc(Cl)cc2Cl)c2ccc(Cl)cc2Cl)c1. The maximum absolute atomic E-state index is 6.56. The van der Waals surface area contributed by atoms with Crippen molar-refractivity contribution in [2.24, 2.45) is 0 Å². The zero-order chi connectivity index (χ0) is 26.5. The Morgan fingerprint density at radius 1 is 0.784 bits per heavy atom. The molecule has 0 saturated heterocycles. The van der Waals surface area contributed by atoms with Crippen LogP contribution in [0.5, 0.6) is 0 Å². The van der Waals surface area contributed by atoms with E-state index in [1.54, 1.807) is 12.1 Å². The molecule has 0 N–H and O–H groups in total. The molecule has 0 amide bonds. The summed E-state index contributed by atoms with van der Waals surface area (Å²) in [5, 5.41) is 2.38. The smallest absolute Gasteiger partial charge is 0.243 e. The molecule has 0 bridgehead atoms. The molecule has 202 valence electrons. The third-order valence-electron chi connectivity index (χ3n) is 6.66. The van der Waals surface area contributed by atoms with Gasteiger partial charge in [0.25, 0.3) is 0 Å². The van der Waals surface area contributed by atoms with Gasteiger partial charge in [0.05, 0.1) is 13.2 Å². The molecule has 0 fully saturated rings. The van der Waals surface area contributed by atoms with Crippen LogP contribution in [-0.2, 0) is 24.4 Å². The fourth-order valence-electron chi connectivity index (χ4n) is 4.48. The highest BCUT2D eigenvalue weighted by molar-refractivity contribution is 6.35. The van der Waals surface area contributed by atoms with Crippen LogP contribution in [0.2, 0.25) is 20.1 Å². The lowest BCUT2D eigenvalue weighted by Crippen LogP contribution is -2.35. The van der Waals surface area contributed by atoms with Crippen LogP contribution >= 0.6 is 46.4 Å². The fourth-order valence-corrected chi connectivity index (χ4v) is 5.48. The van der Waals surface area contributed by atoms with Gasteiger partial charge in [0.2, 0.25) is 6.33 Å². The van der Waals surface area contributed by atoms with Crippen molar-refractivity contribution in [1.29, 1.82) is 0 Å². The predicted octanol–water partition coefficient (Wildman–Crippen LogP) is 10.3. The van der Waals surface area contributed by atoms with E-state index >= 15 is 0 Å². The van der Waals surface area contributed by atoms with E-state index in [0.29, 0.717) is 33.2 Å². The normalized spacial score (nSPS) is 12.2. The molecule has 0 radical (unpaired) electrons. The Morgan fingerprint density at radius 2 is 1.41 bits per heavy atom. The van der Waals surface area contributed by atoms with Crippen molar-refractivity contribution < 1.29 is 9.30 Å². The molecular weight excluding hydrogens is 546 g/mol. The van der Waals surface area contributed by atoms with Crippen molar-refractivity contribution >= 4 is 46.4 Å². The molecule has 1 aromatic heterocycles. The third kappa shape index (κ3) is 10.8. The van der Waals surface area contributed by atoms with Crippen LogP contribution in [0.25, 0.3) is 0 Å². The largest absolute Gasteiger partial charge is 0.365 e. The summed E-state index contributed by atoms with van der Waals surface area (Å²) >= 11 is 25.1. The van der Waals surface area contributed by atoms with Gasteiger partial charge in [-0.2, -0.15) is 0 Å². The summed E-state index contributed by atoms with van der Waals surface area (Å²) in [6, 6.07) is 11.0. The molecule has 3 rings (SSSR count). The second kappa shape index (κ2) is 16.7. The van der Waals surface area contributed by atoms with Crippen LogP contribution in [0.3, 0.4) is 0 Å². The number of imidazole rings is 1. The summed E-state index contributed by atoms with van der Waals surface area (Å²) in [5.74, 6) is 0. The topological polar surface area (TPSA) is 18.0 Å². The Balaban J connectivity index is 1.51. The number of hydrogen-bond donors (Lipinski definition) is 0. The van der Waals surface area contributed by atoms with Crippen LogP contribution in [0.4, 0.5) is 0 Å². The molecule has 0 spiro atoms. The first-order valence-electron chi connectivity index (χ1n) is 13.5. The summed E-state index contributed by atoms with van der Waals surface area (Å²) in [4.78, 5) is 0. The monoisotopic (exact) mass is 583 g/mol. The highest BCUT2D eigenvalue weighted by Gasteiger charge is 2.20. The molecule has 2 aromatic carbocycles. The van der Waals surface area contributed by atoms with E-state index in [-0.39, 0.29) is 6.10 Å². The first-order chi connectivity index (χ1) is 18.0. The van der Waals surface area contributed by atoms with Crippen molar-refractivity contribution in [1.82, 2.24) is 4.57 Å². The van der Waals surface area contributed by atoms with Crippen molar-refractivity contribution in [2.75, 3.05) is 0 Å². The molecule has 1 heterocycles. The summed E-state index contributed by atoms with van der Waals surface area (Å²) < 4.78 is 10.8. The molecule has 1 atom stereocenters. The quantitative estimate of drug-likeness (QED) is 0.114. The van der Waals surface area contributed by atoms with Gasteiger partial charge in [-0.3, -0.25) is 0 Å². The summed E-state index contributed by atoms with van der Waals surface area (Å²) in [7, 11) is 0. The van der Waals surface area contributed by atoms with Gasteiger partial charge in [-0.25, -0.2) is 9.13 Å². The molecule has 0 aliphatic rings. The number of aromatic nitrogens is 2. The Morgan fingerprint density at radius 3 is 2.05 bits per heavy atom. The van der Waals surface area contributed by atoms with Gasteiger partial charge in [-0.1, -0.05) is 117 Å². The van der Waals surface area contributed by atoms with Crippen molar-refractivity contribution in [3.8, 4) is 0 Å². The van der Waals surface area contributed by atoms with E-state index in [9.17, 15) is 0 Å². The van der Waals surface area contributed by atoms with Gasteiger partial charge in [0.15, 0.2) is 0 Å². The highest BCUT2D eigenvalue weighted by Crippen LogP contribution is 2.31. The molecule has 3 aromatic rings. The molecule has 37 heavy (non-hydrogen) atoms. The van der Waals surface area contributed by atoms with E-state index in [4.69, 9.17) is 51.1 Å². The second-order valence-electron chi connectivity index (χ2n) is 9.73. The van der Waals surface area contributed by atoms with Crippen molar-refractivity contribution in [3.05, 3.63) is 86.3 Å². The van der Waals surface area contributed by atoms with Crippen molar-refractivity contribution in [2.45, 2.75) is 96.9 Å². The first kappa shape index (κ1) is 30.3. The number of aryl methyl sites for hydroxylation is 1. The summed E-state index contributed by atoms with van der Waals surface area (Å²) in [6.45, 7) is 4.27. The average molecular weight is 585 g/mol. The Kier molecular flexibility index (Phi) is 13.7. The van der Waals surface area contributed by atoms with Gasteiger partial charge < -0.3 is 4.74 Å². The molecule has 1 unspecified atom stereocenters. The van der Waals surface area contributed by atoms with Gasteiger partial charge >= 0.3 is 0 Å². The first-order valence-corrected chi connectivity index (χ1v) is 15.0. The molecule has 0 aliphatic carbocycles. The van der Waals surface area contributed by atoms with Gasteiger partial charge in [0.1, 0.15) is 25.0 Å². The molecule has 0 aliphatic heterocycles. The Labute approximate surface area is 242 Å². The molecule has 7 heteroatoms. The minimum atomic E-state index is -0.269. The average Bonchev–Trinajstić information content (AvgIpc) is 3.31. The lowest BCUT2D eigenvalue weighted by atomic mass is 10.1. The van der Waals surface area contributed by atoms with Crippen LogP contribution in [0.15, 0.2) is 55.1 Å². The summed E-state index contributed by atoms with van der Waals surface area (Å²) in [5.41, 5.74) is 1.77. The number of halogens is 4. The maximum atomic E-state index is 6.56. The fraction of sp³-hybridized carbons (Fsp3) is 0.500. The molecule has 0 saturated carbocycles. The van der Waals surface area contributed by atoms with E-state index in [2.05, 4.69) is 34.8 Å². The van der Waals surface area contributed by atoms with Crippen LogP contribution in [-0.4, -0.2) is 4.57 Å². The number of ether oxygens (including phenoxy) is 1. The number of hydrogen-bond acceptors (Lipinski definition) is 1. The highest BCUT2D eigenvalue weighted by atomic mass is 35.5.